The van der Waals surface area contributed by atoms with Crippen LogP contribution in [0.25, 0.3) is 0 Å². The van der Waals surface area contributed by atoms with Crippen molar-refractivity contribution in [1.29, 1.82) is 0 Å². The minimum absolute atomic E-state index is 0.0849. The van der Waals surface area contributed by atoms with Crippen LogP contribution in [0.3, 0.4) is 0 Å². The van der Waals surface area contributed by atoms with Crippen molar-refractivity contribution < 1.29 is 30.9 Å². The van der Waals surface area contributed by atoms with Crippen LogP contribution in [0.2, 0.25) is 0 Å². The van der Waals surface area contributed by atoms with Gasteiger partial charge in [0.05, 0.1) is 0 Å². The van der Waals surface area contributed by atoms with Crippen LogP contribution in [-0.4, -0.2) is 15.1 Å². The van der Waals surface area contributed by atoms with Crippen LogP contribution in [-0.2, 0) is 30.9 Å². The zero-order valence-electron chi connectivity index (χ0n) is 3.98. The molecule has 1 saturated heterocycles. The molecule has 0 atom stereocenters. The van der Waals surface area contributed by atoms with E-state index in [9.17, 15) is 9.59 Å². The van der Waals surface area contributed by atoms with Gasteiger partial charge >= 0.3 is 58.9 Å². The van der Waals surface area contributed by atoms with Crippen LogP contribution in [0.15, 0.2) is 0 Å². The molecule has 48 valence electrons. The number of imide groups is 1. The number of carbonyl (C=O) groups excluding carboxylic acids is 2. The maximum atomic E-state index is 10.5. The molecule has 0 aromatic rings. The first-order valence-corrected chi connectivity index (χ1v) is 3.17. The molecule has 1 aliphatic rings. The van der Waals surface area contributed by atoms with Gasteiger partial charge in [-0.25, -0.2) is 0 Å². The molecular formula is C4H4AuNO2. The van der Waals surface area contributed by atoms with E-state index in [1.807, 2.05) is 21.3 Å². The van der Waals surface area contributed by atoms with E-state index in [2.05, 4.69) is 0 Å². The predicted octanol–water partition coefficient (Wildman–Crippen LogP) is -0.403. The average Bonchev–Trinajstić information content (AvgIpc) is 1.98. The van der Waals surface area contributed by atoms with Gasteiger partial charge in [-0.05, 0) is 0 Å². The van der Waals surface area contributed by atoms with Crippen molar-refractivity contribution in [2.45, 2.75) is 12.8 Å². The Bertz CT molecular complexity index is 129. The second-order valence-electron chi connectivity index (χ2n) is 1.53. The molecule has 0 aromatic carbocycles. The summed E-state index contributed by atoms with van der Waals surface area (Å²) in [5, 5.41) is 0. The fraction of sp³-hybridized carbons (Fsp3) is 0.500. The van der Waals surface area contributed by atoms with Crippen molar-refractivity contribution in [2.75, 3.05) is 0 Å². The molecule has 8 heavy (non-hydrogen) atoms. The molecule has 1 heterocycles. The van der Waals surface area contributed by atoms with Crippen LogP contribution in [0, 0.1) is 0 Å². The Morgan fingerprint density at radius 3 is 1.75 bits per heavy atom. The molecular weight excluding hydrogens is 291 g/mol. The Morgan fingerprint density at radius 2 is 1.62 bits per heavy atom. The van der Waals surface area contributed by atoms with Crippen LogP contribution in [0.1, 0.15) is 12.8 Å². The topological polar surface area (TPSA) is 37.4 Å². The van der Waals surface area contributed by atoms with Crippen molar-refractivity contribution in [3.8, 4) is 0 Å². The van der Waals surface area contributed by atoms with E-state index in [0.29, 0.717) is 12.8 Å². The Balaban J connectivity index is 2.70. The molecule has 1 rings (SSSR count). The summed E-state index contributed by atoms with van der Waals surface area (Å²) in [6.45, 7) is 0. The molecule has 2 amide bonds. The SMILES string of the molecule is O=C1CCC(=O)[N]1[Au]. The maximum absolute atomic E-state index is 10.5. The fourth-order valence-electron chi connectivity index (χ4n) is 0.532. The van der Waals surface area contributed by atoms with Gasteiger partial charge < -0.3 is 0 Å². The molecule has 3 nitrogen and oxygen atoms in total. The normalized spacial score (nSPS) is 20.5. The molecule has 0 radical (unpaired) electrons. The first-order chi connectivity index (χ1) is 3.72. The van der Waals surface area contributed by atoms with Gasteiger partial charge in [0.15, 0.2) is 0 Å². The quantitative estimate of drug-likeness (QED) is 0.450. The number of hydrogen-bond acceptors (Lipinski definition) is 2. The van der Waals surface area contributed by atoms with E-state index in [0.717, 1.165) is 3.30 Å². The molecule has 0 saturated carbocycles. The molecule has 1 aliphatic heterocycles. The summed E-state index contributed by atoms with van der Waals surface area (Å²) in [5.41, 5.74) is 0. The number of nitrogens with zero attached hydrogens (tertiary/aromatic N) is 1. The van der Waals surface area contributed by atoms with Gasteiger partial charge in [0, 0.05) is 0 Å². The van der Waals surface area contributed by atoms with Gasteiger partial charge in [-0.3, -0.25) is 0 Å². The Kier molecular flexibility index (Phi) is 1.51. The van der Waals surface area contributed by atoms with Gasteiger partial charge in [-0.2, -0.15) is 0 Å². The Hall–Kier alpha value is -0.120. The van der Waals surface area contributed by atoms with Crippen molar-refractivity contribution >= 4 is 11.8 Å². The standard InChI is InChI=1S/C4H5NO2.Au/c6-3-1-2-4(7)5-3;/h1-2H2,(H,5,6,7);/q;+1/p-1. The average molecular weight is 295 g/mol. The molecule has 4 heteroatoms. The van der Waals surface area contributed by atoms with Crippen molar-refractivity contribution in [3.63, 3.8) is 0 Å². The zero-order valence-corrected chi connectivity index (χ0v) is 6.15. The van der Waals surface area contributed by atoms with Crippen molar-refractivity contribution in [3.05, 3.63) is 0 Å². The molecule has 0 bridgehead atoms. The minimum atomic E-state index is -0.0849. The molecule has 1 fully saturated rings. The summed E-state index contributed by atoms with van der Waals surface area (Å²) in [7, 11) is 0. The fourth-order valence-corrected chi connectivity index (χ4v) is 1.02. The number of amides is 2. The van der Waals surface area contributed by atoms with E-state index in [-0.39, 0.29) is 11.8 Å². The number of hydrogen-bond donors (Lipinski definition) is 0. The van der Waals surface area contributed by atoms with Gasteiger partial charge in [0.2, 0.25) is 0 Å². The molecule has 0 aromatic heterocycles. The van der Waals surface area contributed by atoms with Crippen LogP contribution < -0.4 is 0 Å². The summed E-state index contributed by atoms with van der Waals surface area (Å²) in [6.07, 6.45) is 0.769. The van der Waals surface area contributed by atoms with E-state index in [1.165, 1.54) is 0 Å². The Labute approximate surface area is 59.3 Å². The van der Waals surface area contributed by atoms with Gasteiger partial charge in [-0.1, -0.05) is 0 Å². The van der Waals surface area contributed by atoms with Gasteiger partial charge in [0.25, 0.3) is 0 Å². The Morgan fingerprint density at radius 1 is 1.25 bits per heavy atom. The predicted molar refractivity (Wildman–Crippen MR) is 21.1 cm³/mol. The van der Waals surface area contributed by atoms with E-state index >= 15 is 0 Å². The van der Waals surface area contributed by atoms with E-state index < -0.39 is 0 Å². The summed E-state index contributed by atoms with van der Waals surface area (Å²) in [4.78, 5) is 21.0. The van der Waals surface area contributed by atoms with Crippen LogP contribution in [0.4, 0.5) is 0 Å². The monoisotopic (exact) mass is 295 g/mol. The van der Waals surface area contributed by atoms with Crippen LogP contribution in [0.5, 0.6) is 0 Å². The summed E-state index contributed by atoms with van der Waals surface area (Å²) < 4.78 is 1.11. The molecule has 0 N–H and O–H groups in total. The molecule has 0 unspecified atom stereocenters. The van der Waals surface area contributed by atoms with E-state index in [4.69, 9.17) is 0 Å². The number of rotatable bonds is 0. The number of carbonyl (C=O) groups is 2. The third-order valence-electron chi connectivity index (χ3n) is 0.953. The molecule has 0 spiro atoms. The first-order valence-electron chi connectivity index (χ1n) is 2.20. The molecule has 0 aliphatic carbocycles. The van der Waals surface area contributed by atoms with E-state index in [1.54, 1.807) is 0 Å². The summed E-state index contributed by atoms with van der Waals surface area (Å²) in [5.74, 6) is -0.170. The van der Waals surface area contributed by atoms with Crippen molar-refractivity contribution in [1.82, 2.24) is 3.30 Å². The second kappa shape index (κ2) is 2.01. The third-order valence-corrected chi connectivity index (χ3v) is 2.03. The summed E-state index contributed by atoms with van der Waals surface area (Å²) >= 11 is 1.89. The van der Waals surface area contributed by atoms with Crippen molar-refractivity contribution in [2.24, 2.45) is 0 Å². The first kappa shape index (κ1) is 6.01. The zero-order chi connectivity index (χ0) is 6.15. The summed E-state index contributed by atoms with van der Waals surface area (Å²) in [6, 6.07) is 0. The van der Waals surface area contributed by atoms with Gasteiger partial charge in [-0.15, -0.1) is 0 Å². The van der Waals surface area contributed by atoms with Crippen LogP contribution >= 0.6 is 0 Å². The van der Waals surface area contributed by atoms with Gasteiger partial charge in [0.1, 0.15) is 0 Å². The third kappa shape index (κ3) is 0.844. The second-order valence-corrected chi connectivity index (χ2v) is 2.50.